The van der Waals surface area contributed by atoms with Gasteiger partial charge in [0.1, 0.15) is 0 Å². The lowest BCUT2D eigenvalue weighted by Crippen LogP contribution is -2.34. The van der Waals surface area contributed by atoms with E-state index in [0.717, 1.165) is 16.7 Å². The highest BCUT2D eigenvalue weighted by Crippen LogP contribution is 2.23. The van der Waals surface area contributed by atoms with Gasteiger partial charge in [-0.3, -0.25) is 4.90 Å². The molecule has 11 heavy (non-hydrogen) atoms. The van der Waals surface area contributed by atoms with Gasteiger partial charge in [0.25, 0.3) is 0 Å². The van der Waals surface area contributed by atoms with Crippen LogP contribution in [-0.2, 0) is 10.7 Å². The van der Waals surface area contributed by atoms with Crippen molar-refractivity contribution in [3.8, 4) is 0 Å². The van der Waals surface area contributed by atoms with Gasteiger partial charge in [-0.2, -0.15) is 0 Å². The predicted molar refractivity (Wildman–Crippen MR) is 41.3 cm³/mol. The third-order valence-corrected chi connectivity index (χ3v) is 3.87. The Hall–Kier alpha value is -0.430. The van der Waals surface area contributed by atoms with Crippen molar-refractivity contribution in [1.82, 2.24) is 4.90 Å². The Labute approximate surface area is 69.3 Å². The fourth-order valence-corrected chi connectivity index (χ4v) is 2.96. The zero-order valence-electron chi connectivity index (χ0n) is 5.47. The van der Waals surface area contributed by atoms with Crippen LogP contribution in [0.2, 0.25) is 0 Å². The van der Waals surface area contributed by atoms with Gasteiger partial charge in [0.2, 0.25) is 0 Å². The molecule has 0 saturated carbocycles. The minimum absolute atomic E-state index is 0.300. The molecule has 1 aliphatic heterocycles. The van der Waals surface area contributed by atoms with Gasteiger partial charge in [-0.05, 0) is 0 Å². The first kappa shape index (κ1) is 8.66. The number of rotatable bonds is 1. The van der Waals surface area contributed by atoms with Crippen molar-refractivity contribution in [1.29, 1.82) is 0 Å². The smallest absolute Gasteiger partial charge is 0.409 e. The summed E-state index contributed by atoms with van der Waals surface area (Å²) in [4.78, 5) is 11.3. The molecule has 0 aromatic rings. The average Bonchev–Trinajstić information content (AvgIpc) is 2.32. The molecule has 1 saturated heterocycles. The highest BCUT2D eigenvalue weighted by atomic mass is 32.2. The number of nitrogens with zero attached hydrogens (tertiary/aromatic N) is 1. The molecule has 1 fully saturated rings. The summed E-state index contributed by atoms with van der Waals surface area (Å²) in [6.45, 7) is 0.300. The first-order valence-electron chi connectivity index (χ1n) is 2.87. The fraction of sp³-hybridized carbons (Fsp3) is 0.750. The number of thioether (sulfide) groups is 1. The van der Waals surface area contributed by atoms with Gasteiger partial charge in [0.05, 0.1) is 0 Å². The molecule has 1 aliphatic rings. The molecule has 1 N–H and O–H groups in total. The number of carboxylic acid groups (broad SMARTS) is 1. The topological polar surface area (TPSA) is 74.7 Å². The lowest BCUT2D eigenvalue weighted by atomic mass is 10.7. The Morgan fingerprint density at radius 3 is 2.64 bits per heavy atom. The average molecular weight is 197 g/mol. The summed E-state index contributed by atoms with van der Waals surface area (Å²) >= 11 is 1.14. The van der Waals surface area contributed by atoms with Gasteiger partial charge in [0.15, 0.2) is 15.4 Å². The van der Waals surface area contributed by atoms with Crippen LogP contribution in [0.15, 0.2) is 0 Å². The Kier molecular flexibility index (Phi) is 2.61. The molecule has 64 valence electrons. The van der Waals surface area contributed by atoms with E-state index in [0.29, 0.717) is 12.3 Å². The highest BCUT2D eigenvalue weighted by molar-refractivity contribution is 8.08. The van der Waals surface area contributed by atoms with Crippen LogP contribution in [0.5, 0.6) is 0 Å². The Morgan fingerprint density at radius 1 is 1.64 bits per heavy atom. The Balaban J connectivity index is 2.73. The molecule has 1 atom stereocenters. The van der Waals surface area contributed by atoms with E-state index in [2.05, 4.69) is 0 Å². The number of amides is 1. The standard InChI is InChI=1S/C4H7NO4S2/c6-3(7)5-1-2-10-4(5)11(8)9/h4,11H,1-2H2,(H,6,7). The highest BCUT2D eigenvalue weighted by Gasteiger charge is 2.31. The molecule has 7 heteroatoms. The summed E-state index contributed by atoms with van der Waals surface area (Å²) in [5.74, 6) is 0.556. The van der Waals surface area contributed by atoms with Gasteiger partial charge in [-0.1, -0.05) is 0 Å². The van der Waals surface area contributed by atoms with E-state index in [1.807, 2.05) is 0 Å². The second-order valence-corrected chi connectivity index (χ2v) is 4.56. The lowest BCUT2D eigenvalue weighted by Gasteiger charge is -2.13. The lowest BCUT2D eigenvalue weighted by molar-refractivity contribution is 0.155. The molecule has 1 rings (SSSR count). The van der Waals surface area contributed by atoms with Gasteiger partial charge in [-0.15, -0.1) is 11.8 Å². The van der Waals surface area contributed by atoms with Crippen LogP contribution in [0.4, 0.5) is 4.79 Å². The molecule has 1 unspecified atom stereocenters. The zero-order valence-corrected chi connectivity index (χ0v) is 7.18. The molecule has 5 nitrogen and oxygen atoms in total. The van der Waals surface area contributed by atoms with E-state index in [1.54, 1.807) is 0 Å². The molecule has 0 radical (unpaired) electrons. The quantitative estimate of drug-likeness (QED) is 0.560. The molecule has 0 aromatic heterocycles. The maximum absolute atomic E-state index is 10.4. The first-order valence-corrected chi connectivity index (χ1v) is 5.17. The second kappa shape index (κ2) is 3.31. The molecule has 1 amide bonds. The maximum Gasteiger partial charge on any atom is 0.409 e. The third-order valence-electron chi connectivity index (χ3n) is 1.29. The number of hydrogen-bond donors (Lipinski definition) is 2. The summed E-state index contributed by atoms with van der Waals surface area (Å²) in [5.41, 5.74) is 0. The normalized spacial score (nSPS) is 24.5. The molecule has 0 aliphatic carbocycles. The van der Waals surface area contributed by atoms with Gasteiger partial charge in [0, 0.05) is 12.3 Å². The number of hydrogen-bond acceptors (Lipinski definition) is 4. The maximum atomic E-state index is 10.4. The van der Waals surface area contributed by atoms with Crippen molar-refractivity contribution in [2.75, 3.05) is 12.3 Å². The second-order valence-electron chi connectivity index (χ2n) is 1.96. The van der Waals surface area contributed by atoms with Crippen LogP contribution < -0.4 is 0 Å². The summed E-state index contributed by atoms with van der Waals surface area (Å²) in [7, 11) is -2.67. The monoisotopic (exact) mass is 197 g/mol. The minimum Gasteiger partial charge on any atom is -0.465 e. The van der Waals surface area contributed by atoms with Gasteiger partial charge >= 0.3 is 6.09 Å². The minimum atomic E-state index is -2.67. The van der Waals surface area contributed by atoms with E-state index < -0.39 is 21.5 Å². The predicted octanol–water partition coefficient (Wildman–Crippen LogP) is -0.392. The van der Waals surface area contributed by atoms with Crippen molar-refractivity contribution in [2.45, 2.75) is 4.71 Å². The first-order chi connectivity index (χ1) is 5.13. The largest absolute Gasteiger partial charge is 0.465 e. The molecular formula is C4H7NO4S2. The SMILES string of the molecule is O=C(O)N1CCSC1[SH](=O)=O. The van der Waals surface area contributed by atoms with Crippen molar-refractivity contribution in [2.24, 2.45) is 0 Å². The third kappa shape index (κ3) is 1.78. The van der Waals surface area contributed by atoms with E-state index in [4.69, 9.17) is 5.11 Å². The fourth-order valence-electron chi connectivity index (χ4n) is 0.822. The van der Waals surface area contributed by atoms with Crippen molar-refractivity contribution >= 4 is 28.6 Å². The molecule has 0 bridgehead atoms. The summed E-state index contributed by atoms with van der Waals surface area (Å²) in [6, 6.07) is 0. The summed E-state index contributed by atoms with van der Waals surface area (Å²) in [5, 5.41) is 8.48. The number of carbonyl (C=O) groups is 1. The van der Waals surface area contributed by atoms with Crippen LogP contribution in [0.1, 0.15) is 0 Å². The van der Waals surface area contributed by atoms with Crippen LogP contribution in [-0.4, -0.2) is 41.5 Å². The van der Waals surface area contributed by atoms with Gasteiger partial charge in [-0.25, -0.2) is 13.2 Å². The van der Waals surface area contributed by atoms with Crippen LogP contribution >= 0.6 is 11.8 Å². The van der Waals surface area contributed by atoms with Crippen molar-refractivity contribution in [3.63, 3.8) is 0 Å². The molecule has 1 heterocycles. The number of thiol groups is 1. The Bertz CT molecular complexity index is 230. The van der Waals surface area contributed by atoms with Crippen LogP contribution in [0, 0.1) is 0 Å². The Morgan fingerprint density at radius 2 is 2.27 bits per heavy atom. The summed E-state index contributed by atoms with van der Waals surface area (Å²) < 4.78 is 20.0. The van der Waals surface area contributed by atoms with Crippen LogP contribution in [0.3, 0.4) is 0 Å². The van der Waals surface area contributed by atoms with E-state index in [-0.39, 0.29) is 0 Å². The zero-order chi connectivity index (χ0) is 8.43. The van der Waals surface area contributed by atoms with Crippen molar-refractivity contribution in [3.05, 3.63) is 0 Å². The molecular weight excluding hydrogens is 190 g/mol. The van der Waals surface area contributed by atoms with E-state index in [9.17, 15) is 13.2 Å². The molecule has 0 aromatic carbocycles. The van der Waals surface area contributed by atoms with E-state index >= 15 is 0 Å². The van der Waals surface area contributed by atoms with Crippen molar-refractivity contribution < 1.29 is 18.3 Å². The van der Waals surface area contributed by atoms with Gasteiger partial charge < -0.3 is 5.11 Å². The van der Waals surface area contributed by atoms with E-state index in [1.165, 1.54) is 0 Å². The van der Waals surface area contributed by atoms with Crippen LogP contribution in [0.25, 0.3) is 0 Å². The molecule has 0 spiro atoms. The summed E-state index contributed by atoms with van der Waals surface area (Å²) in [6.07, 6.45) is -1.17.